The number of allylic oxidation sites excluding steroid dienone is 1. The van der Waals surface area contributed by atoms with Crippen molar-refractivity contribution in [2.45, 2.75) is 71.5 Å². The largest absolute Gasteiger partial charge is 0.366 e. The van der Waals surface area contributed by atoms with Crippen LogP contribution in [0.1, 0.15) is 59.8 Å². The zero-order valence-corrected chi connectivity index (χ0v) is 12.0. The van der Waals surface area contributed by atoms with E-state index in [1.165, 1.54) is 24.8 Å². The van der Waals surface area contributed by atoms with Gasteiger partial charge < -0.3 is 4.74 Å². The van der Waals surface area contributed by atoms with Crippen LogP contribution in [0, 0.1) is 11.3 Å². The highest BCUT2D eigenvalue weighted by molar-refractivity contribution is 5.96. The number of carbonyl (C=O) groups is 1. The predicted molar refractivity (Wildman–Crippen MR) is 71.3 cm³/mol. The third-order valence-electron chi connectivity index (χ3n) is 5.46. The Bertz CT molecular complexity index is 432. The van der Waals surface area contributed by atoms with Crippen molar-refractivity contribution in [1.29, 1.82) is 0 Å². The van der Waals surface area contributed by atoms with E-state index in [1.807, 2.05) is 0 Å². The van der Waals surface area contributed by atoms with Gasteiger partial charge in [0.2, 0.25) is 0 Å². The number of fused-ring (bicyclic) bond motifs is 2. The molecule has 0 aromatic heterocycles. The zero-order chi connectivity index (χ0) is 13.1. The summed E-state index contributed by atoms with van der Waals surface area (Å²) in [7, 11) is 0. The number of hydrogen-bond acceptors (Lipinski definition) is 2. The van der Waals surface area contributed by atoms with Gasteiger partial charge in [0.25, 0.3) is 0 Å². The van der Waals surface area contributed by atoms with Crippen molar-refractivity contribution in [2.24, 2.45) is 11.3 Å². The summed E-state index contributed by atoms with van der Waals surface area (Å²) < 4.78 is 5.88. The van der Waals surface area contributed by atoms with E-state index in [0.29, 0.717) is 5.78 Å². The van der Waals surface area contributed by atoms with Crippen molar-refractivity contribution in [1.82, 2.24) is 0 Å². The van der Waals surface area contributed by atoms with Crippen LogP contribution in [0.25, 0.3) is 0 Å². The molecule has 1 aliphatic heterocycles. The van der Waals surface area contributed by atoms with Crippen LogP contribution >= 0.6 is 0 Å². The van der Waals surface area contributed by atoms with Gasteiger partial charge in [0.1, 0.15) is 0 Å². The van der Waals surface area contributed by atoms with Gasteiger partial charge in [-0.25, -0.2) is 0 Å². The zero-order valence-electron chi connectivity index (χ0n) is 12.0. The molecule has 0 spiro atoms. The summed E-state index contributed by atoms with van der Waals surface area (Å²) in [4.78, 5) is 12.5. The standard InChI is InChI=1S/C16H24O2/c1-10(2)12-7-14-16(4,18-14)6-5-11-8-15(11,3)9-13(12)17/h11,14H,5-9H2,1-4H3/t11-,14+,15+,16+/m1/s1. The van der Waals surface area contributed by atoms with Gasteiger partial charge >= 0.3 is 0 Å². The average molecular weight is 248 g/mol. The van der Waals surface area contributed by atoms with Gasteiger partial charge in [-0.05, 0) is 56.9 Å². The summed E-state index contributed by atoms with van der Waals surface area (Å²) in [6, 6.07) is 0. The molecule has 0 amide bonds. The van der Waals surface area contributed by atoms with Gasteiger partial charge in [-0.3, -0.25) is 4.79 Å². The fourth-order valence-corrected chi connectivity index (χ4v) is 3.66. The molecule has 3 aliphatic rings. The third-order valence-corrected chi connectivity index (χ3v) is 5.46. The van der Waals surface area contributed by atoms with Crippen LogP contribution < -0.4 is 0 Å². The van der Waals surface area contributed by atoms with E-state index in [9.17, 15) is 4.79 Å². The average Bonchev–Trinajstić information content (AvgIpc) is 3.09. The first-order chi connectivity index (χ1) is 8.34. The summed E-state index contributed by atoms with van der Waals surface area (Å²) in [6.45, 7) is 8.62. The van der Waals surface area contributed by atoms with Crippen LogP contribution in [-0.4, -0.2) is 17.5 Å². The molecule has 2 saturated carbocycles. The smallest absolute Gasteiger partial charge is 0.159 e. The number of epoxide rings is 1. The lowest BCUT2D eigenvalue weighted by molar-refractivity contribution is -0.117. The molecule has 0 bridgehead atoms. The molecular formula is C16H24O2. The van der Waals surface area contributed by atoms with Gasteiger partial charge in [-0.15, -0.1) is 0 Å². The van der Waals surface area contributed by atoms with Crippen molar-refractivity contribution < 1.29 is 9.53 Å². The molecule has 3 fully saturated rings. The normalized spacial score (nSPS) is 47.1. The van der Waals surface area contributed by atoms with E-state index in [2.05, 4.69) is 27.7 Å². The molecular weight excluding hydrogens is 224 g/mol. The fraction of sp³-hybridized carbons (Fsp3) is 0.812. The molecule has 0 radical (unpaired) electrons. The van der Waals surface area contributed by atoms with Gasteiger partial charge in [0.15, 0.2) is 5.78 Å². The second-order valence-corrected chi connectivity index (χ2v) is 7.30. The minimum Gasteiger partial charge on any atom is -0.366 e. The minimum atomic E-state index is 0.0574. The molecule has 2 aliphatic carbocycles. The van der Waals surface area contributed by atoms with Crippen LogP contribution in [-0.2, 0) is 9.53 Å². The van der Waals surface area contributed by atoms with Gasteiger partial charge in [0.05, 0.1) is 11.7 Å². The molecule has 1 saturated heterocycles. The SMILES string of the molecule is CC(C)=C1C[C@@H]2O[C@@]2(C)CC[C@@H]2C[C@@]2(C)CC1=O. The molecule has 18 heavy (non-hydrogen) atoms. The van der Waals surface area contributed by atoms with Crippen molar-refractivity contribution in [3.63, 3.8) is 0 Å². The maximum atomic E-state index is 12.5. The van der Waals surface area contributed by atoms with E-state index in [4.69, 9.17) is 4.74 Å². The number of carbonyl (C=O) groups excluding carboxylic acids is 1. The lowest BCUT2D eigenvalue weighted by Gasteiger charge is -2.16. The van der Waals surface area contributed by atoms with E-state index in [0.717, 1.165) is 24.3 Å². The van der Waals surface area contributed by atoms with E-state index < -0.39 is 0 Å². The molecule has 2 heteroatoms. The number of Topliss-reactive ketones (excluding diaryl/α,β-unsaturated/α-hetero) is 1. The molecule has 100 valence electrons. The molecule has 1 heterocycles. The number of ether oxygens (including phenoxy) is 1. The highest BCUT2D eigenvalue weighted by atomic mass is 16.6. The van der Waals surface area contributed by atoms with Crippen molar-refractivity contribution in [2.75, 3.05) is 0 Å². The lowest BCUT2D eigenvalue weighted by atomic mass is 9.85. The first-order valence-electron chi connectivity index (χ1n) is 7.21. The quantitative estimate of drug-likeness (QED) is 0.484. The third kappa shape index (κ3) is 1.95. The minimum absolute atomic E-state index is 0.0574. The Hall–Kier alpha value is -0.630. The van der Waals surface area contributed by atoms with E-state index >= 15 is 0 Å². The first-order valence-corrected chi connectivity index (χ1v) is 7.21. The lowest BCUT2D eigenvalue weighted by Crippen LogP contribution is -2.19. The Kier molecular flexibility index (Phi) is 2.54. The molecule has 0 aromatic carbocycles. The molecule has 3 rings (SSSR count). The Morgan fingerprint density at radius 2 is 2.06 bits per heavy atom. The number of rotatable bonds is 0. The molecule has 4 atom stereocenters. The maximum Gasteiger partial charge on any atom is 0.159 e. The second kappa shape index (κ2) is 3.69. The second-order valence-electron chi connectivity index (χ2n) is 7.30. The topological polar surface area (TPSA) is 29.6 Å². The van der Waals surface area contributed by atoms with Gasteiger partial charge in [-0.1, -0.05) is 12.5 Å². The van der Waals surface area contributed by atoms with Crippen LogP contribution in [0.4, 0.5) is 0 Å². The maximum absolute atomic E-state index is 12.5. The number of ketones is 1. The van der Waals surface area contributed by atoms with E-state index in [-0.39, 0.29) is 17.1 Å². The van der Waals surface area contributed by atoms with Crippen molar-refractivity contribution in [3.05, 3.63) is 11.1 Å². The van der Waals surface area contributed by atoms with Gasteiger partial charge in [0, 0.05) is 12.8 Å². The Morgan fingerprint density at radius 3 is 2.72 bits per heavy atom. The van der Waals surface area contributed by atoms with Crippen molar-refractivity contribution in [3.8, 4) is 0 Å². The van der Waals surface area contributed by atoms with Crippen LogP contribution in [0.2, 0.25) is 0 Å². The van der Waals surface area contributed by atoms with Crippen molar-refractivity contribution >= 4 is 5.78 Å². The molecule has 0 aromatic rings. The summed E-state index contributed by atoms with van der Waals surface area (Å²) in [5.41, 5.74) is 2.56. The first kappa shape index (κ1) is 12.4. The Balaban J connectivity index is 1.86. The molecule has 0 N–H and O–H groups in total. The fourth-order valence-electron chi connectivity index (χ4n) is 3.66. The molecule has 2 nitrogen and oxygen atoms in total. The molecule has 0 unspecified atom stereocenters. The van der Waals surface area contributed by atoms with Crippen LogP contribution in [0.15, 0.2) is 11.1 Å². The summed E-state index contributed by atoms with van der Waals surface area (Å²) in [6.07, 6.45) is 5.51. The van der Waals surface area contributed by atoms with E-state index in [1.54, 1.807) is 0 Å². The van der Waals surface area contributed by atoms with Crippen LogP contribution in [0.5, 0.6) is 0 Å². The van der Waals surface area contributed by atoms with Gasteiger partial charge in [-0.2, -0.15) is 0 Å². The summed E-state index contributed by atoms with van der Waals surface area (Å²) >= 11 is 0. The highest BCUT2D eigenvalue weighted by Crippen LogP contribution is 2.60. The summed E-state index contributed by atoms with van der Waals surface area (Å²) in [5.74, 6) is 1.12. The Morgan fingerprint density at radius 1 is 1.33 bits per heavy atom. The monoisotopic (exact) mass is 248 g/mol. The number of hydrogen-bond donors (Lipinski definition) is 0. The summed E-state index contributed by atoms with van der Waals surface area (Å²) in [5, 5.41) is 0. The predicted octanol–water partition coefficient (Wildman–Crippen LogP) is 3.65. The van der Waals surface area contributed by atoms with Crippen LogP contribution in [0.3, 0.4) is 0 Å². The highest BCUT2D eigenvalue weighted by Gasteiger charge is 2.57. The Labute approximate surface area is 110 Å².